The van der Waals surface area contributed by atoms with Crippen molar-refractivity contribution < 1.29 is 14.6 Å². The van der Waals surface area contributed by atoms with Crippen molar-refractivity contribution in [1.29, 1.82) is 5.26 Å². The van der Waals surface area contributed by atoms with E-state index in [9.17, 15) is 4.79 Å². The molecule has 0 aromatic carbocycles. The summed E-state index contributed by atoms with van der Waals surface area (Å²) in [6.07, 6.45) is 0.347. The van der Waals surface area contributed by atoms with Gasteiger partial charge in [0.1, 0.15) is 12.3 Å². The summed E-state index contributed by atoms with van der Waals surface area (Å²) in [5.74, 6) is -0.668. The number of allylic oxidation sites excluding steroid dienone is 1. The highest BCUT2D eigenvalue weighted by Crippen LogP contribution is 2.17. The molecule has 1 fully saturated rings. The molecule has 5 heteroatoms. The molecule has 1 heterocycles. The number of ether oxygens (including phenoxy) is 1. The highest BCUT2D eigenvalue weighted by Gasteiger charge is 2.22. The molecule has 1 rings (SSSR count). The average Bonchev–Trinajstić information content (AvgIpc) is 2.53. The summed E-state index contributed by atoms with van der Waals surface area (Å²) in [6, 6.07) is 1.75. The second kappa shape index (κ2) is 3.92. The van der Waals surface area contributed by atoms with Gasteiger partial charge in [-0.15, -0.1) is 0 Å². The quantitative estimate of drug-likeness (QED) is 0.328. The topological polar surface area (TPSA) is 82.4 Å². The molecule has 1 aliphatic heterocycles. The Bertz CT molecular complexity index is 290. The fourth-order valence-electron chi connectivity index (χ4n) is 1.16. The molecule has 0 radical (unpaired) electrons. The Kier molecular flexibility index (Phi) is 2.88. The zero-order valence-electron chi connectivity index (χ0n) is 7.20. The summed E-state index contributed by atoms with van der Waals surface area (Å²) in [6.45, 7) is 0. The van der Waals surface area contributed by atoms with Crippen LogP contribution in [0, 0.1) is 11.3 Å². The fraction of sp³-hybridized carbons (Fsp3) is 0.500. The van der Waals surface area contributed by atoms with E-state index in [2.05, 4.69) is 10.1 Å². The van der Waals surface area contributed by atoms with Crippen molar-refractivity contribution in [2.75, 3.05) is 7.11 Å². The van der Waals surface area contributed by atoms with Crippen molar-refractivity contribution in [2.24, 2.45) is 0 Å². The third-order valence-electron chi connectivity index (χ3n) is 1.81. The van der Waals surface area contributed by atoms with Gasteiger partial charge in [0, 0.05) is 5.70 Å². The van der Waals surface area contributed by atoms with Gasteiger partial charge in [0.25, 0.3) is 0 Å². The highest BCUT2D eigenvalue weighted by molar-refractivity contribution is 5.93. The van der Waals surface area contributed by atoms with Gasteiger partial charge >= 0.3 is 5.97 Å². The van der Waals surface area contributed by atoms with Gasteiger partial charge < -0.3 is 15.2 Å². The zero-order chi connectivity index (χ0) is 9.84. The SMILES string of the molecule is COC(=O)/C(C#N)=C1\CCC(O)N1. The summed E-state index contributed by atoms with van der Waals surface area (Å²) >= 11 is 0. The predicted molar refractivity (Wildman–Crippen MR) is 43.0 cm³/mol. The molecule has 1 unspecified atom stereocenters. The van der Waals surface area contributed by atoms with E-state index in [1.165, 1.54) is 7.11 Å². The molecule has 0 aromatic rings. The minimum Gasteiger partial charge on any atom is -0.465 e. The summed E-state index contributed by atoms with van der Waals surface area (Å²) in [5, 5.41) is 20.4. The van der Waals surface area contributed by atoms with Crippen molar-refractivity contribution in [1.82, 2.24) is 5.32 Å². The third-order valence-corrected chi connectivity index (χ3v) is 1.81. The first-order valence-electron chi connectivity index (χ1n) is 3.85. The average molecular weight is 182 g/mol. The summed E-state index contributed by atoms with van der Waals surface area (Å²) < 4.78 is 4.41. The van der Waals surface area contributed by atoms with E-state index in [4.69, 9.17) is 10.4 Å². The number of aliphatic hydroxyl groups excluding tert-OH is 1. The number of aliphatic hydroxyl groups is 1. The molecule has 0 aliphatic carbocycles. The molecule has 1 aliphatic rings. The van der Waals surface area contributed by atoms with Crippen molar-refractivity contribution in [3.8, 4) is 6.07 Å². The Balaban J connectivity index is 2.88. The number of hydrogen-bond acceptors (Lipinski definition) is 5. The molecular formula is C8H10N2O3. The molecule has 1 saturated heterocycles. The number of esters is 1. The van der Waals surface area contributed by atoms with Crippen molar-refractivity contribution in [3.05, 3.63) is 11.3 Å². The number of nitrogens with one attached hydrogen (secondary N) is 1. The molecule has 0 aromatic heterocycles. The molecule has 13 heavy (non-hydrogen) atoms. The van der Waals surface area contributed by atoms with Crippen LogP contribution in [0.5, 0.6) is 0 Å². The van der Waals surface area contributed by atoms with Gasteiger partial charge in [-0.2, -0.15) is 5.26 Å². The molecule has 5 nitrogen and oxygen atoms in total. The standard InChI is InChI=1S/C8H10N2O3/c1-13-8(12)5(4-9)6-2-3-7(11)10-6/h7,10-11H,2-3H2,1H3/b6-5+. The number of methoxy groups -OCH3 is 1. The Labute approximate surface area is 75.6 Å². The lowest BCUT2D eigenvalue weighted by Gasteiger charge is -2.04. The maximum atomic E-state index is 11.0. The summed E-state index contributed by atoms with van der Waals surface area (Å²) in [7, 11) is 1.21. The molecular weight excluding hydrogens is 172 g/mol. The van der Waals surface area contributed by atoms with Crippen molar-refractivity contribution in [2.45, 2.75) is 19.1 Å². The van der Waals surface area contributed by atoms with Crippen LogP contribution in [0.2, 0.25) is 0 Å². The lowest BCUT2D eigenvalue weighted by molar-refractivity contribution is -0.135. The second-order valence-electron chi connectivity index (χ2n) is 2.66. The Hall–Kier alpha value is -1.54. The van der Waals surface area contributed by atoms with Crippen molar-refractivity contribution >= 4 is 5.97 Å². The lowest BCUT2D eigenvalue weighted by Crippen LogP contribution is -2.21. The normalized spacial score (nSPS) is 24.5. The number of rotatable bonds is 1. The predicted octanol–water partition coefficient (Wildman–Crippen LogP) is -0.361. The summed E-state index contributed by atoms with van der Waals surface area (Å²) in [4.78, 5) is 11.0. The maximum Gasteiger partial charge on any atom is 0.350 e. The Morgan fingerprint density at radius 3 is 2.92 bits per heavy atom. The molecule has 2 N–H and O–H groups in total. The molecule has 0 bridgehead atoms. The first-order chi connectivity index (χ1) is 6.19. The van der Waals surface area contributed by atoms with Gasteiger partial charge in [0.05, 0.1) is 7.11 Å². The maximum absolute atomic E-state index is 11.0. The number of carbonyl (C=O) groups is 1. The Morgan fingerprint density at radius 1 is 1.85 bits per heavy atom. The van der Waals surface area contributed by atoms with Gasteiger partial charge in [-0.1, -0.05) is 0 Å². The summed E-state index contributed by atoms with van der Waals surface area (Å²) in [5.41, 5.74) is 0.404. The van der Waals surface area contributed by atoms with Crippen LogP contribution in [-0.2, 0) is 9.53 Å². The van der Waals surface area contributed by atoms with Gasteiger partial charge in [0.15, 0.2) is 5.57 Å². The molecule has 1 atom stereocenters. The fourth-order valence-corrected chi connectivity index (χ4v) is 1.16. The van der Waals surface area contributed by atoms with E-state index < -0.39 is 12.2 Å². The molecule has 0 saturated carbocycles. The zero-order valence-corrected chi connectivity index (χ0v) is 7.20. The van der Waals surface area contributed by atoms with Crippen LogP contribution in [0.3, 0.4) is 0 Å². The smallest absolute Gasteiger partial charge is 0.350 e. The molecule has 70 valence electrons. The number of nitrogens with zero attached hydrogens (tertiary/aromatic N) is 1. The van der Waals surface area contributed by atoms with Gasteiger partial charge in [0.2, 0.25) is 0 Å². The van der Waals surface area contributed by atoms with Gasteiger partial charge in [-0.25, -0.2) is 4.79 Å². The number of hydrogen-bond donors (Lipinski definition) is 2. The van der Waals surface area contributed by atoms with Crippen LogP contribution in [0.15, 0.2) is 11.3 Å². The van der Waals surface area contributed by atoms with E-state index in [1.807, 2.05) is 0 Å². The minimum absolute atomic E-state index is 0.0564. The van der Waals surface area contributed by atoms with E-state index in [-0.39, 0.29) is 5.57 Å². The monoisotopic (exact) mass is 182 g/mol. The van der Waals surface area contributed by atoms with E-state index in [0.717, 1.165) is 0 Å². The second-order valence-corrected chi connectivity index (χ2v) is 2.66. The van der Waals surface area contributed by atoms with Gasteiger partial charge in [-0.3, -0.25) is 0 Å². The highest BCUT2D eigenvalue weighted by atomic mass is 16.5. The van der Waals surface area contributed by atoms with Crippen LogP contribution in [0.1, 0.15) is 12.8 Å². The van der Waals surface area contributed by atoms with E-state index >= 15 is 0 Å². The number of carbonyl (C=O) groups excluding carboxylic acids is 1. The van der Waals surface area contributed by atoms with Crippen LogP contribution < -0.4 is 5.32 Å². The largest absolute Gasteiger partial charge is 0.465 e. The van der Waals surface area contributed by atoms with Crippen LogP contribution in [0.4, 0.5) is 0 Å². The number of nitriles is 1. The van der Waals surface area contributed by atoms with Crippen LogP contribution in [-0.4, -0.2) is 24.4 Å². The first-order valence-corrected chi connectivity index (χ1v) is 3.85. The van der Waals surface area contributed by atoms with E-state index in [1.54, 1.807) is 6.07 Å². The van der Waals surface area contributed by atoms with Crippen molar-refractivity contribution in [3.63, 3.8) is 0 Å². The van der Waals surface area contributed by atoms with E-state index in [0.29, 0.717) is 18.5 Å². The Morgan fingerprint density at radius 2 is 2.54 bits per heavy atom. The third kappa shape index (κ3) is 1.98. The first kappa shape index (κ1) is 9.55. The van der Waals surface area contributed by atoms with Crippen LogP contribution in [0.25, 0.3) is 0 Å². The van der Waals surface area contributed by atoms with Gasteiger partial charge in [-0.05, 0) is 12.8 Å². The molecule has 0 amide bonds. The van der Waals surface area contributed by atoms with Crippen LogP contribution >= 0.6 is 0 Å². The lowest BCUT2D eigenvalue weighted by atomic mass is 10.2. The minimum atomic E-state index is -0.668. The molecule has 0 spiro atoms.